The van der Waals surface area contributed by atoms with Crippen molar-refractivity contribution in [1.82, 2.24) is 5.32 Å². The molecule has 0 spiro atoms. The number of carbonyl (C=O) groups is 2. The molecule has 7 atom stereocenters. The van der Waals surface area contributed by atoms with E-state index in [-0.39, 0.29) is 12.8 Å². The topological polar surface area (TPSA) is 192 Å². The number of ether oxygens (including phenoxy) is 1. The van der Waals surface area contributed by atoms with Crippen LogP contribution in [0, 0.1) is 0 Å². The number of carboxylic acid groups (broad SMARTS) is 1. The normalized spacial score (nSPS) is 32.9. The van der Waals surface area contributed by atoms with Crippen LogP contribution in [0.4, 0.5) is 0 Å². The molecule has 1 fully saturated rings. The lowest BCUT2D eigenvalue weighted by Crippen LogP contribution is -2.67. The third-order valence-corrected chi connectivity index (χ3v) is 5.18. The zero-order valence-corrected chi connectivity index (χ0v) is 16.0. The van der Waals surface area contributed by atoms with Crippen LogP contribution in [0.1, 0.15) is 33.1 Å². The average Bonchev–Trinajstić information content (AvgIpc) is 2.61. The minimum atomic E-state index is -4.88. The molecular weight excluding hydrogens is 389 g/mol. The third kappa shape index (κ3) is 5.69. The molecule has 1 aliphatic rings. The standard InChI is InChI=1S/C14H26NO11P/c1-4-7(16)11(19)12-10(15-9(18)5-2)8(17)6-14(25-12,13(20)21)26-27(22,23)24-3/h7-8,10-12,16-17,19H,4-6H2,1-3H3,(H,15,18)(H,20,21)(H,22,23)/t7-,8?,10?,11-,12?,14?/m1/s1. The van der Waals surface area contributed by atoms with E-state index in [9.17, 15) is 39.5 Å². The van der Waals surface area contributed by atoms with E-state index >= 15 is 0 Å². The second-order valence-corrected chi connectivity index (χ2v) is 7.55. The van der Waals surface area contributed by atoms with Gasteiger partial charge in [-0.3, -0.25) is 9.32 Å². The number of phosphoric acid groups is 1. The molecule has 0 saturated carbocycles. The fraction of sp³-hybridized carbons (Fsp3) is 0.857. The van der Waals surface area contributed by atoms with Crippen molar-refractivity contribution in [1.29, 1.82) is 0 Å². The van der Waals surface area contributed by atoms with Crippen molar-refractivity contribution in [3.8, 4) is 0 Å². The molecule has 0 aromatic rings. The van der Waals surface area contributed by atoms with Crippen molar-refractivity contribution in [3.05, 3.63) is 0 Å². The van der Waals surface area contributed by atoms with Gasteiger partial charge in [0.05, 0.1) is 18.2 Å². The van der Waals surface area contributed by atoms with E-state index in [1.165, 1.54) is 13.8 Å². The number of aliphatic hydroxyl groups excluding tert-OH is 3. The highest BCUT2D eigenvalue weighted by Gasteiger charge is 2.58. The average molecular weight is 415 g/mol. The molecule has 1 amide bonds. The minimum Gasteiger partial charge on any atom is -0.477 e. The summed E-state index contributed by atoms with van der Waals surface area (Å²) in [5.41, 5.74) is 0. The molecule has 5 unspecified atom stereocenters. The molecule has 12 nitrogen and oxygen atoms in total. The lowest BCUT2D eigenvalue weighted by atomic mass is 9.88. The molecule has 0 bridgehead atoms. The number of amides is 1. The first kappa shape index (κ1) is 23.9. The van der Waals surface area contributed by atoms with Crippen LogP contribution in [0.25, 0.3) is 0 Å². The Labute approximate surface area is 155 Å². The second kappa shape index (κ2) is 9.39. The summed E-state index contributed by atoms with van der Waals surface area (Å²) in [4.78, 5) is 33.0. The molecule has 0 aromatic heterocycles. The summed E-state index contributed by atoms with van der Waals surface area (Å²) in [6, 6.07) is -1.30. The Balaban J connectivity index is 3.32. The highest BCUT2D eigenvalue weighted by atomic mass is 31.2. The van der Waals surface area contributed by atoms with Crippen LogP contribution in [0.3, 0.4) is 0 Å². The van der Waals surface area contributed by atoms with Crippen molar-refractivity contribution >= 4 is 19.7 Å². The number of aliphatic hydroxyl groups is 3. The Morgan fingerprint density at radius 3 is 2.41 bits per heavy atom. The van der Waals surface area contributed by atoms with Crippen LogP contribution >= 0.6 is 7.82 Å². The first-order valence-corrected chi connectivity index (χ1v) is 9.76. The maximum atomic E-state index is 11.7. The number of aliphatic carboxylic acids is 1. The molecule has 1 saturated heterocycles. The van der Waals surface area contributed by atoms with Crippen molar-refractivity contribution in [2.75, 3.05) is 7.11 Å². The van der Waals surface area contributed by atoms with Crippen molar-refractivity contribution in [2.24, 2.45) is 0 Å². The van der Waals surface area contributed by atoms with Crippen LogP contribution < -0.4 is 5.32 Å². The Bertz CT molecular complexity index is 587. The number of hydrogen-bond acceptors (Lipinski definition) is 9. The van der Waals surface area contributed by atoms with Crippen LogP contribution in [-0.4, -0.2) is 80.6 Å². The van der Waals surface area contributed by atoms with E-state index in [0.717, 1.165) is 7.11 Å². The smallest absolute Gasteiger partial charge is 0.474 e. The lowest BCUT2D eigenvalue weighted by molar-refractivity contribution is -0.287. The van der Waals surface area contributed by atoms with Gasteiger partial charge in [0, 0.05) is 20.0 Å². The molecule has 1 heterocycles. The number of hydrogen-bond donors (Lipinski definition) is 6. The summed E-state index contributed by atoms with van der Waals surface area (Å²) in [7, 11) is -4.08. The van der Waals surface area contributed by atoms with E-state index in [0.29, 0.717) is 0 Å². The summed E-state index contributed by atoms with van der Waals surface area (Å²) in [6.45, 7) is 3.06. The number of phosphoric ester groups is 1. The second-order valence-electron chi connectivity index (χ2n) is 6.07. The molecule has 0 aliphatic carbocycles. The van der Waals surface area contributed by atoms with Gasteiger partial charge in [-0.15, -0.1) is 0 Å². The van der Waals surface area contributed by atoms with Gasteiger partial charge >= 0.3 is 13.8 Å². The third-order valence-electron chi connectivity index (χ3n) is 4.19. The van der Waals surface area contributed by atoms with Crippen molar-refractivity contribution in [2.45, 2.75) is 69.4 Å². The van der Waals surface area contributed by atoms with Gasteiger partial charge in [-0.2, -0.15) is 0 Å². The molecule has 1 aliphatic heterocycles. The summed E-state index contributed by atoms with van der Waals surface area (Å²) in [5, 5.41) is 42.5. The molecule has 13 heteroatoms. The minimum absolute atomic E-state index is 0.0262. The number of nitrogens with one attached hydrogen (secondary N) is 1. The Kier molecular flexibility index (Phi) is 8.32. The molecule has 158 valence electrons. The van der Waals surface area contributed by atoms with E-state index in [1.54, 1.807) is 0 Å². The summed E-state index contributed by atoms with van der Waals surface area (Å²) >= 11 is 0. The van der Waals surface area contributed by atoms with E-state index in [1.807, 2.05) is 0 Å². The Hall–Kier alpha value is -1.11. The van der Waals surface area contributed by atoms with Gasteiger partial charge in [-0.1, -0.05) is 13.8 Å². The number of carboxylic acids is 1. The van der Waals surface area contributed by atoms with Gasteiger partial charge in [0.1, 0.15) is 12.2 Å². The molecular formula is C14H26NO11P. The number of rotatable bonds is 9. The lowest BCUT2D eigenvalue weighted by Gasteiger charge is -2.46. The van der Waals surface area contributed by atoms with Crippen molar-refractivity contribution < 1.29 is 53.3 Å². The maximum Gasteiger partial charge on any atom is 0.474 e. The highest BCUT2D eigenvalue weighted by Crippen LogP contribution is 2.50. The molecule has 27 heavy (non-hydrogen) atoms. The predicted octanol–water partition coefficient (Wildman–Crippen LogP) is -1.29. The molecule has 0 radical (unpaired) electrons. The highest BCUT2D eigenvalue weighted by molar-refractivity contribution is 7.47. The zero-order valence-electron chi connectivity index (χ0n) is 15.1. The van der Waals surface area contributed by atoms with Gasteiger partial charge in [-0.05, 0) is 6.42 Å². The van der Waals surface area contributed by atoms with Crippen molar-refractivity contribution in [3.63, 3.8) is 0 Å². The quantitative estimate of drug-likeness (QED) is 0.245. The Morgan fingerprint density at radius 1 is 1.37 bits per heavy atom. The predicted molar refractivity (Wildman–Crippen MR) is 88.3 cm³/mol. The first-order valence-electron chi connectivity index (χ1n) is 8.27. The fourth-order valence-corrected chi connectivity index (χ4v) is 3.27. The molecule has 6 N–H and O–H groups in total. The monoisotopic (exact) mass is 415 g/mol. The fourth-order valence-electron chi connectivity index (χ4n) is 2.63. The van der Waals surface area contributed by atoms with Crippen LogP contribution in [0.2, 0.25) is 0 Å². The van der Waals surface area contributed by atoms with Crippen LogP contribution in [-0.2, 0) is 27.9 Å². The van der Waals surface area contributed by atoms with Gasteiger partial charge in [0.15, 0.2) is 0 Å². The van der Waals surface area contributed by atoms with E-state index in [2.05, 4.69) is 14.4 Å². The largest absolute Gasteiger partial charge is 0.477 e. The summed E-state index contributed by atoms with van der Waals surface area (Å²) in [5.74, 6) is -5.25. The van der Waals surface area contributed by atoms with E-state index in [4.69, 9.17) is 4.74 Å². The first-order chi connectivity index (χ1) is 12.4. The van der Waals surface area contributed by atoms with Gasteiger partial charge in [0.2, 0.25) is 5.91 Å². The molecule has 0 aromatic carbocycles. The van der Waals surface area contributed by atoms with Gasteiger partial charge < -0.3 is 35.4 Å². The van der Waals surface area contributed by atoms with Crippen LogP contribution in [0.5, 0.6) is 0 Å². The van der Waals surface area contributed by atoms with Gasteiger partial charge in [0.25, 0.3) is 5.79 Å². The zero-order chi connectivity index (χ0) is 21.0. The Morgan fingerprint density at radius 2 is 1.96 bits per heavy atom. The summed E-state index contributed by atoms with van der Waals surface area (Å²) in [6.07, 6.45) is -7.22. The summed E-state index contributed by atoms with van der Waals surface area (Å²) < 4.78 is 25.8. The molecule has 1 rings (SSSR count). The van der Waals surface area contributed by atoms with E-state index < -0.39 is 62.4 Å². The number of carbonyl (C=O) groups excluding carboxylic acids is 1. The van der Waals surface area contributed by atoms with Crippen LogP contribution in [0.15, 0.2) is 0 Å². The SMILES string of the molecule is CCC(=O)NC1C(O)CC(OP(=O)(O)OC)(C(=O)O)OC1[C@H](O)[C@H](O)CC. The maximum absolute atomic E-state index is 11.7. The van der Waals surface area contributed by atoms with Gasteiger partial charge in [-0.25, -0.2) is 13.9 Å².